The predicted octanol–water partition coefficient (Wildman–Crippen LogP) is 0.122. The van der Waals surface area contributed by atoms with Crippen molar-refractivity contribution >= 4 is 5.91 Å². The Morgan fingerprint density at radius 3 is 2.73 bits per heavy atom. The number of nitrogens with one attached hydrogen (secondary N) is 2. The molecule has 1 saturated carbocycles. The zero-order chi connectivity index (χ0) is 8.10. The number of hydrogen-bond acceptors (Lipinski definition) is 2. The van der Waals surface area contributed by atoms with Crippen molar-refractivity contribution in [3.05, 3.63) is 0 Å². The molecule has 0 radical (unpaired) electrons. The summed E-state index contributed by atoms with van der Waals surface area (Å²) in [6.07, 6.45) is 3.21. The van der Waals surface area contributed by atoms with E-state index in [2.05, 4.69) is 10.6 Å². The number of carbonyl (C=O) groups is 1. The molecule has 0 unspecified atom stereocenters. The Morgan fingerprint density at radius 2 is 2.18 bits per heavy atom. The number of hydrogen-bond donors (Lipinski definition) is 2. The lowest BCUT2D eigenvalue weighted by molar-refractivity contribution is -0.122. The first-order valence-electron chi connectivity index (χ1n) is 4.27. The quantitative estimate of drug-likeness (QED) is 0.555. The fourth-order valence-electron chi connectivity index (χ4n) is 0.967. The molecular weight excluding hydrogens is 140 g/mol. The highest BCUT2D eigenvalue weighted by atomic mass is 16.2. The molecule has 0 aromatic carbocycles. The minimum Gasteiger partial charge on any atom is -0.356 e. The molecule has 1 aliphatic rings. The SMILES string of the molecule is CNCCCNC(=O)C1CC1. The van der Waals surface area contributed by atoms with E-state index in [4.69, 9.17) is 0 Å². The van der Waals surface area contributed by atoms with Gasteiger partial charge in [0.25, 0.3) is 0 Å². The van der Waals surface area contributed by atoms with Gasteiger partial charge in [-0.2, -0.15) is 0 Å². The van der Waals surface area contributed by atoms with E-state index >= 15 is 0 Å². The molecule has 0 heterocycles. The van der Waals surface area contributed by atoms with Crippen LogP contribution in [0.25, 0.3) is 0 Å². The van der Waals surface area contributed by atoms with Gasteiger partial charge in [-0.15, -0.1) is 0 Å². The first-order valence-corrected chi connectivity index (χ1v) is 4.27. The fraction of sp³-hybridized carbons (Fsp3) is 0.875. The molecule has 2 N–H and O–H groups in total. The van der Waals surface area contributed by atoms with Gasteiger partial charge in [-0.3, -0.25) is 4.79 Å². The summed E-state index contributed by atoms with van der Waals surface area (Å²) in [6.45, 7) is 1.79. The first kappa shape index (κ1) is 8.53. The van der Waals surface area contributed by atoms with Gasteiger partial charge in [-0.1, -0.05) is 0 Å². The van der Waals surface area contributed by atoms with E-state index in [9.17, 15) is 4.79 Å². The highest BCUT2D eigenvalue weighted by Gasteiger charge is 2.28. The van der Waals surface area contributed by atoms with E-state index < -0.39 is 0 Å². The lowest BCUT2D eigenvalue weighted by Gasteiger charge is -2.02. The molecule has 1 amide bonds. The van der Waals surface area contributed by atoms with Crippen molar-refractivity contribution in [2.75, 3.05) is 20.1 Å². The third-order valence-corrected chi connectivity index (χ3v) is 1.85. The van der Waals surface area contributed by atoms with Gasteiger partial charge in [0.05, 0.1) is 0 Å². The largest absolute Gasteiger partial charge is 0.356 e. The minimum absolute atomic E-state index is 0.251. The predicted molar refractivity (Wildman–Crippen MR) is 44.3 cm³/mol. The van der Waals surface area contributed by atoms with Gasteiger partial charge in [-0.05, 0) is 32.9 Å². The summed E-state index contributed by atoms with van der Waals surface area (Å²) in [5, 5.41) is 5.94. The highest BCUT2D eigenvalue weighted by Crippen LogP contribution is 2.28. The molecule has 0 bridgehead atoms. The van der Waals surface area contributed by atoms with E-state index in [1.54, 1.807) is 0 Å². The van der Waals surface area contributed by atoms with Crippen LogP contribution in [0.4, 0.5) is 0 Å². The lowest BCUT2D eigenvalue weighted by atomic mass is 10.3. The third-order valence-electron chi connectivity index (χ3n) is 1.85. The summed E-state index contributed by atoms with van der Waals surface area (Å²) in [7, 11) is 1.92. The highest BCUT2D eigenvalue weighted by molar-refractivity contribution is 5.80. The Labute approximate surface area is 67.5 Å². The lowest BCUT2D eigenvalue weighted by Crippen LogP contribution is -2.27. The van der Waals surface area contributed by atoms with Gasteiger partial charge in [-0.25, -0.2) is 0 Å². The summed E-state index contributed by atoms with van der Waals surface area (Å²) >= 11 is 0. The molecule has 1 aliphatic carbocycles. The van der Waals surface area contributed by atoms with Crippen molar-refractivity contribution in [1.82, 2.24) is 10.6 Å². The van der Waals surface area contributed by atoms with Crippen LogP contribution in [0.3, 0.4) is 0 Å². The topological polar surface area (TPSA) is 41.1 Å². The van der Waals surface area contributed by atoms with Gasteiger partial charge >= 0.3 is 0 Å². The van der Waals surface area contributed by atoms with Crippen molar-refractivity contribution in [2.45, 2.75) is 19.3 Å². The van der Waals surface area contributed by atoms with Crippen molar-refractivity contribution < 1.29 is 4.79 Å². The maximum atomic E-state index is 11.0. The smallest absolute Gasteiger partial charge is 0.223 e. The van der Waals surface area contributed by atoms with Crippen LogP contribution < -0.4 is 10.6 Å². The standard InChI is InChI=1S/C8H16N2O/c1-9-5-2-6-10-8(11)7-3-4-7/h7,9H,2-6H2,1H3,(H,10,11). The van der Waals surface area contributed by atoms with Crippen molar-refractivity contribution in [2.24, 2.45) is 5.92 Å². The molecule has 0 aromatic heterocycles. The summed E-state index contributed by atoms with van der Waals surface area (Å²) < 4.78 is 0. The Balaban J connectivity index is 1.89. The van der Waals surface area contributed by atoms with Crippen LogP contribution in [0.1, 0.15) is 19.3 Å². The molecule has 0 spiro atoms. The van der Waals surface area contributed by atoms with Crippen LogP contribution in [0.2, 0.25) is 0 Å². The maximum absolute atomic E-state index is 11.0. The molecule has 0 aliphatic heterocycles. The second kappa shape index (κ2) is 4.34. The van der Waals surface area contributed by atoms with Gasteiger partial charge in [0.1, 0.15) is 0 Å². The summed E-state index contributed by atoms with van der Waals surface area (Å²) in [5.41, 5.74) is 0. The molecule has 11 heavy (non-hydrogen) atoms. The molecule has 1 rings (SSSR count). The van der Waals surface area contributed by atoms with Gasteiger partial charge in [0.2, 0.25) is 5.91 Å². The zero-order valence-electron chi connectivity index (χ0n) is 7.02. The maximum Gasteiger partial charge on any atom is 0.223 e. The van der Waals surface area contributed by atoms with Crippen LogP contribution in [-0.2, 0) is 4.79 Å². The summed E-state index contributed by atoms with van der Waals surface area (Å²) in [6, 6.07) is 0. The van der Waals surface area contributed by atoms with Gasteiger partial charge in [0, 0.05) is 12.5 Å². The average Bonchev–Trinajstić information content (AvgIpc) is 2.79. The van der Waals surface area contributed by atoms with E-state index in [0.717, 1.165) is 32.4 Å². The second-order valence-corrected chi connectivity index (χ2v) is 3.02. The minimum atomic E-state index is 0.251. The summed E-state index contributed by atoms with van der Waals surface area (Å²) in [4.78, 5) is 11.0. The molecule has 3 nitrogen and oxygen atoms in total. The number of amides is 1. The zero-order valence-corrected chi connectivity index (χ0v) is 7.02. The van der Waals surface area contributed by atoms with Crippen molar-refractivity contribution in [3.8, 4) is 0 Å². The molecular formula is C8H16N2O. The van der Waals surface area contributed by atoms with Crippen LogP contribution in [-0.4, -0.2) is 26.0 Å². The average molecular weight is 156 g/mol. The molecule has 0 aromatic rings. The Bertz CT molecular complexity index is 132. The second-order valence-electron chi connectivity index (χ2n) is 3.02. The van der Waals surface area contributed by atoms with E-state index in [1.165, 1.54) is 0 Å². The van der Waals surface area contributed by atoms with E-state index in [-0.39, 0.29) is 5.91 Å². The van der Waals surface area contributed by atoms with E-state index in [0.29, 0.717) is 5.92 Å². The normalized spacial score (nSPS) is 16.5. The summed E-state index contributed by atoms with van der Waals surface area (Å²) in [5.74, 6) is 0.602. The Kier molecular flexibility index (Phi) is 3.36. The van der Waals surface area contributed by atoms with Gasteiger partial charge in [0.15, 0.2) is 0 Å². The van der Waals surface area contributed by atoms with E-state index in [1.807, 2.05) is 7.05 Å². The van der Waals surface area contributed by atoms with Crippen LogP contribution in [0.15, 0.2) is 0 Å². The van der Waals surface area contributed by atoms with Crippen LogP contribution in [0, 0.1) is 5.92 Å². The number of rotatable bonds is 5. The van der Waals surface area contributed by atoms with Crippen molar-refractivity contribution in [1.29, 1.82) is 0 Å². The van der Waals surface area contributed by atoms with Crippen LogP contribution in [0.5, 0.6) is 0 Å². The molecule has 0 atom stereocenters. The van der Waals surface area contributed by atoms with Crippen molar-refractivity contribution in [3.63, 3.8) is 0 Å². The molecule has 3 heteroatoms. The fourth-order valence-corrected chi connectivity index (χ4v) is 0.967. The Hall–Kier alpha value is -0.570. The number of carbonyl (C=O) groups excluding carboxylic acids is 1. The van der Waals surface area contributed by atoms with Gasteiger partial charge < -0.3 is 10.6 Å². The first-order chi connectivity index (χ1) is 5.34. The van der Waals surface area contributed by atoms with Crippen LogP contribution >= 0.6 is 0 Å². The Morgan fingerprint density at radius 1 is 1.45 bits per heavy atom. The third kappa shape index (κ3) is 3.37. The molecule has 0 saturated heterocycles. The monoisotopic (exact) mass is 156 g/mol. The molecule has 64 valence electrons. The molecule has 1 fully saturated rings.